The van der Waals surface area contributed by atoms with E-state index in [-0.39, 0.29) is 5.82 Å². The highest BCUT2D eigenvalue weighted by Gasteiger charge is 2.07. The van der Waals surface area contributed by atoms with Crippen molar-refractivity contribution in [1.29, 1.82) is 0 Å². The van der Waals surface area contributed by atoms with E-state index in [1.165, 1.54) is 12.1 Å². The molecule has 0 saturated heterocycles. The van der Waals surface area contributed by atoms with Gasteiger partial charge >= 0.3 is 0 Å². The number of anilines is 1. The fraction of sp³-hybridized carbons (Fsp3) is 0.231. The van der Waals surface area contributed by atoms with Crippen molar-refractivity contribution in [3.05, 3.63) is 41.8 Å². The number of methoxy groups -OCH3 is 1. The van der Waals surface area contributed by atoms with Crippen LogP contribution in [0.3, 0.4) is 0 Å². The summed E-state index contributed by atoms with van der Waals surface area (Å²) in [4.78, 5) is 8.64. The number of hydrogen-bond donors (Lipinski definition) is 1. The summed E-state index contributed by atoms with van der Waals surface area (Å²) in [5.41, 5.74) is 1.39. The lowest BCUT2D eigenvalue weighted by Gasteiger charge is -2.07. The summed E-state index contributed by atoms with van der Waals surface area (Å²) < 4.78 is 18.2. The summed E-state index contributed by atoms with van der Waals surface area (Å²) in [6, 6.07) is 8.00. The molecule has 1 aromatic carbocycles. The second kappa shape index (κ2) is 5.55. The number of nitrogens with one attached hydrogen (secondary N) is 1. The Kier molecular flexibility index (Phi) is 3.84. The average Bonchev–Trinajstić information content (AvgIpc) is 2.39. The summed E-state index contributed by atoms with van der Waals surface area (Å²) in [6.07, 6.45) is 0. The Morgan fingerprint density at radius 1 is 1.28 bits per heavy atom. The van der Waals surface area contributed by atoms with Gasteiger partial charge in [-0.2, -0.15) is 0 Å². The molecule has 1 N–H and O–H groups in total. The highest BCUT2D eigenvalue weighted by Crippen LogP contribution is 2.19. The quantitative estimate of drug-likeness (QED) is 0.901. The van der Waals surface area contributed by atoms with Crippen LogP contribution in [0.1, 0.15) is 5.69 Å². The molecule has 0 bridgehead atoms. The number of benzene rings is 1. The van der Waals surface area contributed by atoms with Gasteiger partial charge in [0.15, 0.2) is 5.82 Å². The van der Waals surface area contributed by atoms with Gasteiger partial charge in [-0.25, -0.2) is 14.4 Å². The number of nitrogens with zero attached hydrogens (tertiary/aromatic N) is 2. The molecule has 2 aromatic rings. The van der Waals surface area contributed by atoms with E-state index in [0.29, 0.717) is 23.8 Å². The van der Waals surface area contributed by atoms with Crippen LogP contribution in [0.5, 0.6) is 0 Å². The van der Waals surface area contributed by atoms with E-state index < -0.39 is 0 Å². The maximum Gasteiger partial charge on any atom is 0.161 e. The third-order valence-corrected chi connectivity index (χ3v) is 2.41. The molecule has 0 aliphatic heterocycles. The first-order chi connectivity index (χ1) is 8.72. The van der Waals surface area contributed by atoms with Crippen LogP contribution < -0.4 is 5.32 Å². The second-order valence-corrected chi connectivity index (χ2v) is 3.76. The van der Waals surface area contributed by atoms with Gasteiger partial charge in [-0.3, -0.25) is 0 Å². The first-order valence-electron chi connectivity index (χ1n) is 5.53. The SMILES string of the molecule is CNc1cc(COC)nc(-c2cccc(F)c2)n1. The molecule has 4 nitrogen and oxygen atoms in total. The lowest BCUT2D eigenvalue weighted by molar-refractivity contribution is 0.181. The van der Waals surface area contributed by atoms with Crippen molar-refractivity contribution in [2.24, 2.45) is 0 Å². The van der Waals surface area contributed by atoms with Crippen LogP contribution in [0, 0.1) is 5.82 Å². The molecule has 5 heteroatoms. The van der Waals surface area contributed by atoms with Gasteiger partial charge in [0, 0.05) is 25.8 Å². The highest BCUT2D eigenvalue weighted by atomic mass is 19.1. The molecule has 2 rings (SSSR count). The van der Waals surface area contributed by atoms with E-state index in [4.69, 9.17) is 4.74 Å². The molecule has 0 aliphatic carbocycles. The predicted molar refractivity (Wildman–Crippen MR) is 67.7 cm³/mol. The largest absolute Gasteiger partial charge is 0.378 e. The van der Waals surface area contributed by atoms with Crippen molar-refractivity contribution >= 4 is 5.82 Å². The van der Waals surface area contributed by atoms with Gasteiger partial charge < -0.3 is 10.1 Å². The highest BCUT2D eigenvalue weighted by molar-refractivity contribution is 5.57. The normalized spacial score (nSPS) is 10.4. The van der Waals surface area contributed by atoms with Crippen LogP contribution >= 0.6 is 0 Å². The number of halogens is 1. The Morgan fingerprint density at radius 2 is 2.11 bits per heavy atom. The number of rotatable bonds is 4. The molecule has 0 unspecified atom stereocenters. The van der Waals surface area contributed by atoms with Crippen molar-refractivity contribution in [2.45, 2.75) is 6.61 Å². The van der Waals surface area contributed by atoms with Gasteiger partial charge in [0.1, 0.15) is 11.6 Å². The van der Waals surface area contributed by atoms with Crippen molar-refractivity contribution in [3.8, 4) is 11.4 Å². The van der Waals surface area contributed by atoms with Gasteiger partial charge in [0.05, 0.1) is 12.3 Å². The minimum absolute atomic E-state index is 0.306. The molecule has 0 spiro atoms. The van der Waals surface area contributed by atoms with Crippen molar-refractivity contribution in [2.75, 3.05) is 19.5 Å². The Labute approximate surface area is 105 Å². The van der Waals surface area contributed by atoms with Crippen LogP contribution in [-0.2, 0) is 11.3 Å². The summed E-state index contributed by atoms with van der Waals surface area (Å²) >= 11 is 0. The zero-order chi connectivity index (χ0) is 13.0. The average molecular weight is 247 g/mol. The minimum Gasteiger partial charge on any atom is -0.378 e. The van der Waals surface area contributed by atoms with E-state index in [9.17, 15) is 4.39 Å². The third kappa shape index (κ3) is 2.81. The van der Waals surface area contributed by atoms with Gasteiger partial charge in [-0.15, -0.1) is 0 Å². The van der Waals surface area contributed by atoms with E-state index in [1.807, 2.05) is 0 Å². The zero-order valence-electron chi connectivity index (χ0n) is 10.3. The minimum atomic E-state index is -0.306. The van der Waals surface area contributed by atoms with Gasteiger partial charge in [-0.1, -0.05) is 12.1 Å². The molecule has 0 saturated carbocycles. The smallest absolute Gasteiger partial charge is 0.161 e. The molecule has 0 radical (unpaired) electrons. The Bertz CT molecular complexity index is 546. The van der Waals surface area contributed by atoms with Crippen LogP contribution in [0.25, 0.3) is 11.4 Å². The Balaban J connectivity index is 2.46. The lowest BCUT2D eigenvalue weighted by atomic mass is 10.2. The molecule has 1 aromatic heterocycles. The van der Waals surface area contributed by atoms with E-state index in [1.54, 1.807) is 32.4 Å². The number of aromatic nitrogens is 2. The fourth-order valence-corrected chi connectivity index (χ4v) is 1.60. The number of ether oxygens (including phenoxy) is 1. The monoisotopic (exact) mass is 247 g/mol. The summed E-state index contributed by atoms with van der Waals surface area (Å²) in [7, 11) is 3.37. The summed E-state index contributed by atoms with van der Waals surface area (Å²) in [6.45, 7) is 0.388. The van der Waals surface area contributed by atoms with Gasteiger partial charge in [0.25, 0.3) is 0 Å². The predicted octanol–water partition coefficient (Wildman–Crippen LogP) is 2.47. The standard InChI is InChI=1S/C13H14FN3O/c1-15-12-7-11(8-18-2)16-13(17-12)9-4-3-5-10(14)6-9/h3-7H,8H2,1-2H3,(H,15,16,17). The topological polar surface area (TPSA) is 47.0 Å². The maximum atomic E-state index is 13.2. The van der Waals surface area contributed by atoms with Gasteiger partial charge in [-0.05, 0) is 12.1 Å². The number of hydrogen-bond acceptors (Lipinski definition) is 4. The fourth-order valence-electron chi connectivity index (χ4n) is 1.60. The van der Waals surface area contributed by atoms with Crippen molar-refractivity contribution < 1.29 is 9.13 Å². The van der Waals surface area contributed by atoms with Crippen LogP contribution in [-0.4, -0.2) is 24.1 Å². The summed E-state index contributed by atoms with van der Waals surface area (Å²) in [5.74, 6) is 0.851. The van der Waals surface area contributed by atoms with Crippen LogP contribution in [0.4, 0.5) is 10.2 Å². The lowest BCUT2D eigenvalue weighted by Crippen LogP contribution is -2.02. The Morgan fingerprint density at radius 3 is 2.78 bits per heavy atom. The third-order valence-electron chi connectivity index (χ3n) is 2.41. The summed E-state index contributed by atoms with van der Waals surface area (Å²) in [5, 5.41) is 2.95. The molecule has 0 atom stereocenters. The molecular formula is C13H14FN3O. The van der Waals surface area contributed by atoms with E-state index >= 15 is 0 Å². The molecular weight excluding hydrogens is 233 g/mol. The Hall–Kier alpha value is -2.01. The molecule has 18 heavy (non-hydrogen) atoms. The molecule has 1 heterocycles. The first kappa shape index (κ1) is 12.4. The molecule has 0 amide bonds. The zero-order valence-corrected chi connectivity index (χ0v) is 10.3. The maximum absolute atomic E-state index is 13.2. The molecule has 94 valence electrons. The van der Waals surface area contributed by atoms with Gasteiger partial charge in [0.2, 0.25) is 0 Å². The second-order valence-electron chi connectivity index (χ2n) is 3.76. The first-order valence-corrected chi connectivity index (χ1v) is 5.53. The molecule has 0 fully saturated rings. The van der Waals surface area contributed by atoms with Crippen molar-refractivity contribution in [1.82, 2.24) is 9.97 Å². The van der Waals surface area contributed by atoms with Crippen LogP contribution in [0.2, 0.25) is 0 Å². The molecule has 0 aliphatic rings. The van der Waals surface area contributed by atoms with Crippen molar-refractivity contribution in [3.63, 3.8) is 0 Å². The van der Waals surface area contributed by atoms with E-state index in [0.717, 1.165) is 5.69 Å². The van der Waals surface area contributed by atoms with Crippen LogP contribution in [0.15, 0.2) is 30.3 Å². The van der Waals surface area contributed by atoms with E-state index in [2.05, 4.69) is 15.3 Å².